The maximum atomic E-state index is 13.4. The van der Waals surface area contributed by atoms with E-state index in [1.54, 1.807) is 37.3 Å². The minimum absolute atomic E-state index is 0.139. The first-order chi connectivity index (χ1) is 16.3. The quantitative estimate of drug-likeness (QED) is 0.406. The topological polar surface area (TPSA) is 76.1 Å². The zero-order chi connectivity index (χ0) is 24.5. The van der Waals surface area contributed by atoms with Gasteiger partial charge in [-0.15, -0.1) is 23.1 Å². The van der Waals surface area contributed by atoms with E-state index in [9.17, 15) is 14.7 Å². The molecule has 9 heteroatoms. The number of rotatable bonds is 8. The number of thiophene rings is 1. The zero-order valence-electron chi connectivity index (χ0n) is 18.9. The first-order valence-electron chi connectivity index (χ1n) is 10.5. The molecule has 0 bridgehead atoms. The van der Waals surface area contributed by atoms with Crippen molar-refractivity contribution in [3.63, 3.8) is 0 Å². The number of carbonyl (C=O) groups is 2. The molecule has 0 radical (unpaired) electrons. The van der Waals surface area contributed by atoms with Crippen LogP contribution >= 0.6 is 34.7 Å². The van der Waals surface area contributed by atoms with E-state index in [1.165, 1.54) is 23.1 Å². The number of hydrogen-bond acceptors (Lipinski definition) is 6. The van der Waals surface area contributed by atoms with E-state index in [1.807, 2.05) is 43.3 Å². The zero-order valence-corrected chi connectivity index (χ0v) is 21.3. The highest BCUT2D eigenvalue weighted by atomic mass is 35.5. The molecule has 1 N–H and O–H groups in total. The van der Waals surface area contributed by atoms with Crippen LogP contribution in [0, 0.1) is 6.92 Å². The van der Waals surface area contributed by atoms with Gasteiger partial charge in [-0.25, -0.2) is 0 Å². The number of amides is 1. The molecular formula is C25H24ClNO5S2. The van der Waals surface area contributed by atoms with Crippen LogP contribution in [-0.2, 0) is 16.1 Å². The van der Waals surface area contributed by atoms with E-state index in [2.05, 4.69) is 0 Å². The fraction of sp³-hybridized carbons (Fsp3) is 0.280. The molecule has 2 aromatic carbocycles. The Hall–Kier alpha value is -2.68. The predicted octanol–water partition coefficient (Wildman–Crippen LogP) is 5.82. The van der Waals surface area contributed by atoms with Crippen LogP contribution in [0.1, 0.15) is 28.5 Å². The lowest BCUT2D eigenvalue weighted by atomic mass is 9.97. The van der Waals surface area contributed by atoms with Gasteiger partial charge in [-0.3, -0.25) is 9.59 Å². The monoisotopic (exact) mass is 517 g/mol. The van der Waals surface area contributed by atoms with Gasteiger partial charge in [-0.05, 0) is 43.3 Å². The number of carboxylic acids is 1. The van der Waals surface area contributed by atoms with E-state index >= 15 is 0 Å². The van der Waals surface area contributed by atoms with Crippen molar-refractivity contribution in [2.45, 2.75) is 35.6 Å². The third kappa shape index (κ3) is 4.62. The van der Waals surface area contributed by atoms with Crippen LogP contribution in [0.15, 0.2) is 59.5 Å². The fourth-order valence-electron chi connectivity index (χ4n) is 4.17. The Morgan fingerprint density at radius 3 is 2.50 bits per heavy atom. The van der Waals surface area contributed by atoms with Crippen LogP contribution in [0.4, 0.5) is 0 Å². The predicted molar refractivity (Wildman–Crippen MR) is 134 cm³/mol. The second kappa shape index (κ2) is 9.90. The number of benzene rings is 2. The largest absolute Gasteiger partial charge is 0.497 e. The number of thioether (sulfide) groups is 1. The molecule has 2 unspecified atom stereocenters. The van der Waals surface area contributed by atoms with Crippen molar-refractivity contribution in [1.29, 1.82) is 0 Å². The fourth-order valence-corrected chi connectivity index (χ4v) is 6.85. The SMILES string of the molecule is COc1ccc(CN2C(=O)CC(Sc3ccc(C)cc3)(C(=O)O)C2c2ccc(Cl)s2)c(OC)c1. The third-order valence-electron chi connectivity index (χ3n) is 5.87. The Labute approximate surface area is 211 Å². The Kier molecular flexibility index (Phi) is 7.12. The molecule has 2 heterocycles. The van der Waals surface area contributed by atoms with Gasteiger partial charge in [0.25, 0.3) is 0 Å². The number of methoxy groups -OCH3 is 2. The van der Waals surface area contributed by atoms with E-state index in [0.29, 0.717) is 15.8 Å². The Bertz CT molecular complexity index is 1210. The Morgan fingerprint density at radius 1 is 1.18 bits per heavy atom. The van der Waals surface area contributed by atoms with Crippen molar-refractivity contribution in [3.8, 4) is 11.5 Å². The molecule has 1 fully saturated rings. The lowest BCUT2D eigenvalue weighted by molar-refractivity contribution is -0.140. The Morgan fingerprint density at radius 2 is 1.91 bits per heavy atom. The molecule has 0 aliphatic carbocycles. The average Bonchev–Trinajstić information content (AvgIpc) is 3.36. The molecule has 4 rings (SSSR count). The van der Waals surface area contributed by atoms with Gasteiger partial charge in [0.2, 0.25) is 5.91 Å². The first-order valence-corrected chi connectivity index (χ1v) is 12.5. The number of hydrogen-bond donors (Lipinski definition) is 1. The lowest BCUT2D eigenvalue weighted by Gasteiger charge is -2.34. The van der Waals surface area contributed by atoms with Gasteiger partial charge in [0.05, 0.1) is 37.6 Å². The molecule has 0 saturated carbocycles. The maximum Gasteiger partial charge on any atom is 0.323 e. The van der Waals surface area contributed by atoms with Gasteiger partial charge in [0.15, 0.2) is 4.75 Å². The van der Waals surface area contributed by atoms with Gasteiger partial charge in [-0.2, -0.15) is 0 Å². The summed E-state index contributed by atoms with van der Waals surface area (Å²) in [6.45, 7) is 2.16. The molecule has 178 valence electrons. The third-order valence-corrected chi connectivity index (χ3v) is 8.57. The number of nitrogens with zero attached hydrogens (tertiary/aromatic N) is 1. The number of aliphatic carboxylic acids is 1. The van der Waals surface area contributed by atoms with Gasteiger partial charge >= 0.3 is 5.97 Å². The highest BCUT2D eigenvalue weighted by molar-refractivity contribution is 8.01. The smallest absolute Gasteiger partial charge is 0.323 e. The van der Waals surface area contributed by atoms with Crippen LogP contribution in [0.2, 0.25) is 4.34 Å². The van der Waals surface area contributed by atoms with E-state index < -0.39 is 16.8 Å². The number of carboxylic acid groups (broad SMARTS) is 1. The summed E-state index contributed by atoms with van der Waals surface area (Å²) in [6.07, 6.45) is -0.139. The minimum Gasteiger partial charge on any atom is -0.497 e. The molecule has 1 aliphatic rings. The molecule has 2 atom stereocenters. The summed E-state index contributed by atoms with van der Waals surface area (Å²) in [7, 11) is 3.12. The van der Waals surface area contributed by atoms with Crippen LogP contribution in [-0.4, -0.2) is 40.8 Å². The maximum absolute atomic E-state index is 13.4. The summed E-state index contributed by atoms with van der Waals surface area (Å²) in [4.78, 5) is 29.4. The number of carbonyl (C=O) groups excluding carboxylic acids is 1. The number of halogens is 1. The van der Waals surface area contributed by atoms with Gasteiger partial charge in [0, 0.05) is 21.4 Å². The number of likely N-dealkylation sites (tertiary alicyclic amines) is 1. The summed E-state index contributed by atoms with van der Waals surface area (Å²) < 4.78 is 9.93. The Balaban J connectivity index is 1.79. The second-order valence-corrected chi connectivity index (χ2v) is 11.2. The van der Waals surface area contributed by atoms with E-state index in [0.717, 1.165) is 20.9 Å². The molecule has 1 aliphatic heterocycles. The first kappa shape index (κ1) is 24.4. The van der Waals surface area contributed by atoms with E-state index in [-0.39, 0.29) is 18.9 Å². The molecule has 1 saturated heterocycles. The molecule has 1 aromatic heterocycles. The summed E-state index contributed by atoms with van der Waals surface area (Å²) >= 11 is 8.75. The second-order valence-electron chi connectivity index (χ2n) is 8.03. The van der Waals surface area contributed by atoms with Crippen LogP contribution < -0.4 is 9.47 Å². The van der Waals surface area contributed by atoms with Crippen molar-refractivity contribution in [2.24, 2.45) is 0 Å². The minimum atomic E-state index is -1.42. The van der Waals surface area contributed by atoms with Crippen molar-refractivity contribution in [3.05, 3.63) is 74.9 Å². The lowest BCUT2D eigenvalue weighted by Crippen LogP contribution is -2.41. The highest BCUT2D eigenvalue weighted by Gasteiger charge is 2.59. The summed E-state index contributed by atoms with van der Waals surface area (Å²) in [6, 6.07) is 15.9. The normalized spacial score (nSPS) is 19.9. The van der Waals surface area contributed by atoms with Gasteiger partial charge < -0.3 is 19.5 Å². The molecule has 34 heavy (non-hydrogen) atoms. The van der Waals surface area contributed by atoms with E-state index in [4.69, 9.17) is 21.1 Å². The van der Waals surface area contributed by atoms with Crippen molar-refractivity contribution >= 4 is 46.6 Å². The standard InChI is InChI=1S/C25H24ClNO5S2/c1-15-4-8-18(9-5-15)34-25(24(29)30)13-22(28)27(23(25)20-10-11-21(26)33-20)14-16-6-7-17(31-2)12-19(16)32-3/h4-12,23H,13-14H2,1-3H3,(H,29,30). The number of aryl methyl sites for hydroxylation is 1. The summed E-state index contributed by atoms with van der Waals surface area (Å²) in [5, 5.41) is 10.5. The molecule has 6 nitrogen and oxygen atoms in total. The van der Waals surface area contributed by atoms with Crippen LogP contribution in [0.3, 0.4) is 0 Å². The van der Waals surface area contributed by atoms with Crippen molar-refractivity contribution < 1.29 is 24.2 Å². The average molecular weight is 518 g/mol. The van der Waals surface area contributed by atoms with Gasteiger partial charge in [0.1, 0.15) is 11.5 Å². The number of ether oxygens (including phenoxy) is 2. The highest BCUT2D eigenvalue weighted by Crippen LogP contribution is 2.54. The van der Waals surface area contributed by atoms with Crippen molar-refractivity contribution in [2.75, 3.05) is 14.2 Å². The van der Waals surface area contributed by atoms with Crippen LogP contribution in [0.25, 0.3) is 0 Å². The molecular weight excluding hydrogens is 494 g/mol. The summed E-state index contributed by atoms with van der Waals surface area (Å²) in [5.41, 5.74) is 1.83. The van der Waals surface area contributed by atoms with Crippen molar-refractivity contribution in [1.82, 2.24) is 4.90 Å². The molecule has 3 aromatic rings. The van der Waals surface area contributed by atoms with Gasteiger partial charge in [-0.1, -0.05) is 29.3 Å². The molecule has 1 amide bonds. The molecule has 0 spiro atoms. The van der Waals surface area contributed by atoms with Crippen LogP contribution in [0.5, 0.6) is 11.5 Å². The summed E-state index contributed by atoms with van der Waals surface area (Å²) in [5.74, 6) is -0.0848.